The highest BCUT2D eigenvalue weighted by Gasteiger charge is 2.37. The molecule has 6 rings (SSSR count). The molecule has 0 aliphatic carbocycles. The molecule has 15 heteroatoms. The molecule has 2 amide bonds. The number of aromatic nitrogens is 6. The largest absolute Gasteiger partial charge is 0.397 e. The lowest BCUT2D eigenvalue weighted by Gasteiger charge is -2.32. The number of anilines is 2. The zero-order valence-corrected chi connectivity index (χ0v) is 26.4. The van der Waals surface area contributed by atoms with Gasteiger partial charge in [-0.2, -0.15) is 5.10 Å². The quantitative estimate of drug-likeness (QED) is 0.199. The molecule has 1 saturated heterocycles. The summed E-state index contributed by atoms with van der Waals surface area (Å²) in [5, 5.41) is 16.3. The van der Waals surface area contributed by atoms with Crippen molar-refractivity contribution < 1.29 is 9.59 Å². The van der Waals surface area contributed by atoms with Crippen LogP contribution in [0.15, 0.2) is 53.9 Å². The minimum absolute atomic E-state index is 0.0426. The first-order valence-electron chi connectivity index (χ1n) is 15.1. The minimum Gasteiger partial charge on any atom is -0.397 e. The summed E-state index contributed by atoms with van der Waals surface area (Å²) < 4.78 is 0. The van der Waals surface area contributed by atoms with Crippen LogP contribution in [-0.4, -0.2) is 96.2 Å². The molecular formula is C31H35N11O3S. The molecule has 1 unspecified atom stereocenters. The van der Waals surface area contributed by atoms with Gasteiger partial charge in [-0.15, -0.1) is 11.3 Å². The Balaban J connectivity index is 1.08. The summed E-state index contributed by atoms with van der Waals surface area (Å²) in [4.78, 5) is 61.1. The van der Waals surface area contributed by atoms with Crippen LogP contribution >= 0.6 is 11.3 Å². The van der Waals surface area contributed by atoms with Crippen LogP contribution in [0.5, 0.6) is 0 Å². The van der Waals surface area contributed by atoms with Crippen LogP contribution in [0, 0.1) is 11.3 Å². The predicted octanol–water partition coefficient (Wildman–Crippen LogP) is 2.39. The van der Waals surface area contributed by atoms with E-state index in [2.05, 4.69) is 41.1 Å². The fraction of sp³-hybridized carbons (Fsp3) is 0.355. The van der Waals surface area contributed by atoms with E-state index < -0.39 is 0 Å². The van der Waals surface area contributed by atoms with Crippen molar-refractivity contribution in [2.24, 2.45) is 5.92 Å². The zero-order valence-electron chi connectivity index (χ0n) is 25.6. The lowest BCUT2D eigenvalue weighted by atomic mass is 10.1. The highest BCUT2D eigenvalue weighted by Crippen LogP contribution is 2.31. The number of aromatic amines is 2. The molecule has 4 aromatic heterocycles. The van der Waals surface area contributed by atoms with Crippen LogP contribution in [0.1, 0.15) is 43.0 Å². The van der Waals surface area contributed by atoms with E-state index in [1.54, 1.807) is 34.6 Å². The molecule has 0 radical (unpaired) electrons. The molecule has 238 valence electrons. The number of hydrogen-bond acceptors (Lipinski definition) is 11. The number of carbonyl (C=O) groups excluding carboxylic acids is 2. The van der Waals surface area contributed by atoms with Gasteiger partial charge >= 0.3 is 0 Å². The van der Waals surface area contributed by atoms with Crippen LogP contribution in [0.25, 0.3) is 16.3 Å². The number of hydrogen-bond donors (Lipinski definition) is 4. The van der Waals surface area contributed by atoms with Crippen LogP contribution in [0.2, 0.25) is 0 Å². The number of nitrogen functional groups attached to an aromatic ring is 1. The maximum atomic E-state index is 13.8. The van der Waals surface area contributed by atoms with Gasteiger partial charge in [0, 0.05) is 50.2 Å². The molecule has 1 fully saturated rings. The van der Waals surface area contributed by atoms with E-state index >= 15 is 0 Å². The number of H-pyrrole nitrogens is 2. The third kappa shape index (κ3) is 6.23. The molecule has 4 aromatic rings. The van der Waals surface area contributed by atoms with Crippen molar-refractivity contribution in [1.82, 2.24) is 39.9 Å². The lowest BCUT2D eigenvalue weighted by molar-refractivity contribution is -0.136. The molecule has 0 saturated carbocycles. The number of thiazole rings is 1. The van der Waals surface area contributed by atoms with Crippen molar-refractivity contribution in [3.63, 3.8) is 0 Å². The molecular weight excluding hydrogens is 606 g/mol. The number of carbonyl (C=O) groups is 2. The Morgan fingerprint density at radius 2 is 2.07 bits per heavy atom. The van der Waals surface area contributed by atoms with E-state index in [0.29, 0.717) is 68.5 Å². The van der Waals surface area contributed by atoms with Crippen LogP contribution in [0.3, 0.4) is 0 Å². The first-order valence-corrected chi connectivity index (χ1v) is 15.9. The van der Waals surface area contributed by atoms with Gasteiger partial charge in [0.2, 0.25) is 17.4 Å². The average Bonchev–Trinajstić information content (AvgIpc) is 3.88. The molecule has 6 heterocycles. The van der Waals surface area contributed by atoms with E-state index in [1.165, 1.54) is 24.7 Å². The van der Waals surface area contributed by atoms with Crippen LogP contribution in [-0.2, 0) is 9.59 Å². The monoisotopic (exact) mass is 641 g/mol. The molecule has 0 aromatic carbocycles. The topological polar surface area (TPSA) is 194 Å². The maximum absolute atomic E-state index is 13.8. The Kier molecular flexibility index (Phi) is 8.85. The molecule has 0 spiro atoms. The van der Waals surface area contributed by atoms with Crippen molar-refractivity contribution in [2.75, 3.05) is 43.4 Å². The molecule has 2 atom stereocenters. The first-order chi connectivity index (χ1) is 22.2. The molecule has 2 aliphatic rings. The van der Waals surface area contributed by atoms with E-state index in [9.17, 15) is 14.4 Å². The van der Waals surface area contributed by atoms with Crippen molar-refractivity contribution in [3.8, 4) is 10.7 Å². The van der Waals surface area contributed by atoms with Gasteiger partial charge in [0.05, 0.1) is 28.2 Å². The van der Waals surface area contributed by atoms with E-state index in [0.717, 1.165) is 15.5 Å². The second-order valence-corrected chi connectivity index (χ2v) is 12.3. The Labute approximate surface area is 268 Å². The van der Waals surface area contributed by atoms with Gasteiger partial charge in [0.15, 0.2) is 5.82 Å². The zero-order chi connectivity index (χ0) is 32.4. The average molecular weight is 642 g/mol. The number of pyridine rings is 2. The highest BCUT2D eigenvalue weighted by atomic mass is 32.1. The third-order valence-corrected chi connectivity index (χ3v) is 9.58. The lowest BCUT2D eigenvalue weighted by Crippen LogP contribution is -2.48. The summed E-state index contributed by atoms with van der Waals surface area (Å²) >= 11 is 1.55. The smallest absolute Gasteiger partial charge is 0.247 e. The van der Waals surface area contributed by atoms with Crippen molar-refractivity contribution in [2.45, 2.75) is 32.7 Å². The highest BCUT2D eigenvalue weighted by molar-refractivity contribution is 7.16. The van der Waals surface area contributed by atoms with E-state index in [1.807, 2.05) is 18.7 Å². The molecule has 14 nitrogen and oxygen atoms in total. The van der Waals surface area contributed by atoms with E-state index in [-0.39, 0.29) is 40.7 Å². The second kappa shape index (κ2) is 13.1. The van der Waals surface area contributed by atoms with Gasteiger partial charge in [0.25, 0.3) is 0 Å². The summed E-state index contributed by atoms with van der Waals surface area (Å²) in [6.07, 6.45) is 8.10. The van der Waals surface area contributed by atoms with Gasteiger partial charge in [-0.1, -0.05) is 6.08 Å². The van der Waals surface area contributed by atoms with Gasteiger partial charge < -0.3 is 15.6 Å². The molecule has 0 bridgehead atoms. The van der Waals surface area contributed by atoms with Crippen molar-refractivity contribution >= 4 is 45.9 Å². The fourth-order valence-corrected chi connectivity index (χ4v) is 6.78. The van der Waals surface area contributed by atoms with Crippen LogP contribution in [0.4, 0.5) is 11.5 Å². The number of rotatable bonds is 9. The summed E-state index contributed by atoms with van der Waals surface area (Å²) in [7, 11) is 0. The Hall–Kier alpha value is -5.02. The number of nitrogens with zero attached hydrogens (tertiary/aromatic N) is 7. The number of nitrogens with one attached hydrogen (secondary N) is 3. The third-order valence-electron chi connectivity index (χ3n) is 8.50. The Bertz CT molecular complexity index is 1830. The fourth-order valence-electron chi connectivity index (χ4n) is 5.84. The second-order valence-electron chi connectivity index (χ2n) is 11.3. The Morgan fingerprint density at radius 1 is 1.22 bits per heavy atom. The van der Waals surface area contributed by atoms with Crippen molar-refractivity contribution in [3.05, 3.63) is 75.7 Å². The summed E-state index contributed by atoms with van der Waals surface area (Å²) in [6.45, 7) is 6.38. The molecule has 46 heavy (non-hydrogen) atoms. The number of amides is 2. The molecule has 2 aliphatic heterocycles. The maximum Gasteiger partial charge on any atom is 0.247 e. The van der Waals surface area contributed by atoms with Gasteiger partial charge in [-0.25, -0.2) is 15.0 Å². The van der Waals surface area contributed by atoms with Gasteiger partial charge in [-0.3, -0.25) is 34.7 Å². The summed E-state index contributed by atoms with van der Waals surface area (Å²) in [5.41, 5.74) is 8.03. The van der Waals surface area contributed by atoms with Gasteiger partial charge in [-0.05, 0) is 57.0 Å². The van der Waals surface area contributed by atoms with Crippen LogP contribution < -0.4 is 16.2 Å². The standard InChI is InChI=1S/C31H35N11O3S/c1-3-42(24-6-5-22(32)27(38-24)26(33)20-4-7-25(43)34-14-20)31(45)21-10-13-41(16-21)18(2)30(44)40-11-8-19(9-12-40)29-35-15-23(46-29)28-36-17-37-39-28/h4-8,14-15,17-18,21,33H,3,9-13,16,32H2,1-2H3,(H,34,43)(H,36,37,39)/t18?,21-/m1/s1. The minimum atomic E-state index is -0.361. The normalized spacial score (nSPS) is 17.5. The predicted molar refractivity (Wildman–Crippen MR) is 175 cm³/mol. The number of nitrogens with two attached hydrogens (primary N) is 1. The van der Waals surface area contributed by atoms with E-state index in [4.69, 9.17) is 11.1 Å². The van der Waals surface area contributed by atoms with Crippen molar-refractivity contribution in [1.29, 1.82) is 5.41 Å². The Morgan fingerprint density at radius 3 is 2.76 bits per heavy atom. The number of likely N-dealkylation sites (tertiary alicyclic amines) is 1. The molecule has 5 N–H and O–H groups in total. The van der Waals surface area contributed by atoms with Gasteiger partial charge in [0.1, 0.15) is 22.8 Å². The SMILES string of the molecule is CCN(C(=O)[C@@H]1CCN(C(C)C(=O)N2CC=C(c3ncc(-c4ncn[nH]4)s3)CC2)C1)c1ccc(N)c(C(=N)c2ccc(=O)[nH]c2)n1. The summed E-state index contributed by atoms with van der Waals surface area (Å²) in [6, 6.07) is 5.82. The first kappa shape index (κ1) is 31.0. The summed E-state index contributed by atoms with van der Waals surface area (Å²) in [5.74, 6) is 0.753.